The fourth-order valence-corrected chi connectivity index (χ4v) is 3.32. The molecular weight excluding hydrogens is 246 g/mol. The molecule has 1 fully saturated rings. The predicted molar refractivity (Wildman–Crippen MR) is 82.7 cm³/mol. The van der Waals surface area contributed by atoms with Gasteiger partial charge in [-0.25, -0.2) is 4.98 Å². The van der Waals surface area contributed by atoms with Crippen LogP contribution >= 0.6 is 0 Å². The highest BCUT2D eigenvalue weighted by molar-refractivity contribution is 6.06. The Morgan fingerprint density at radius 3 is 2.60 bits per heavy atom. The van der Waals surface area contributed by atoms with Crippen LogP contribution in [0.25, 0.3) is 21.9 Å². The van der Waals surface area contributed by atoms with E-state index in [1.54, 1.807) is 0 Å². The van der Waals surface area contributed by atoms with E-state index in [4.69, 9.17) is 0 Å². The average Bonchev–Trinajstić information content (AvgIpc) is 2.84. The van der Waals surface area contributed by atoms with Gasteiger partial charge in [-0.05, 0) is 44.1 Å². The van der Waals surface area contributed by atoms with E-state index in [0.717, 1.165) is 12.3 Å². The maximum atomic E-state index is 4.62. The summed E-state index contributed by atoms with van der Waals surface area (Å²) in [6, 6.07) is 12.8. The summed E-state index contributed by atoms with van der Waals surface area (Å²) in [4.78, 5) is 7.17. The molecule has 0 N–H and O–H groups in total. The number of fused-ring (bicyclic) bond motifs is 3. The van der Waals surface area contributed by atoms with Gasteiger partial charge < -0.3 is 4.57 Å². The van der Waals surface area contributed by atoms with Gasteiger partial charge in [0.2, 0.25) is 0 Å². The smallest absolute Gasteiger partial charge is 0.142 e. The van der Waals surface area contributed by atoms with Gasteiger partial charge in [-0.2, -0.15) is 0 Å². The molecule has 3 heterocycles. The Balaban J connectivity index is 1.86. The van der Waals surface area contributed by atoms with E-state index < -0.39 is 0 Å². The number of aromatic nitrogens is 2. The van der Waals surface area contributed by atoms with E-state index >= 15 is 0 Å². The summed E-state index contributed by atoms with van der Waals surface area (Å²) in [5.41, 5.74) is 2.41. The summed E-state index contributed by atoms with van der Waals surface area (Å²) in [5, 5.41) is 2.58. The summed E-state index contributed by atoms with van der Waals surface area (Å²) < 4.78 is 2.37. The molecule has 0 saturated carbocycles. The standard InChI is InChI=1S/C17H19N3/c1-4-11-19(12-5-1)13-20-16-9-3-2-7-14(16)15-8-6-10-18-17(15)20/h2-3,6-10H,1,4-5,11-13H2. The predicted octanol–water partition coefficient (Wildman–Crippen LogP) is 3.63. The van der Waals surface area contributed by atoms with Crippen LogP contribution in [0.4, 0.5) is 0 Å². The van der Waals surface area contributed by atoms with Crippen molar-refractivity contribution in [2.45, 2.75) is 25.9 Å². The van der Waals surface area contributed by atoms with Crippen LogP contribution in [-0.4, -0.2) is 27.5 Å². The lowest BCUT2D eigenvalue weighted by Crippen LogP contribution is -2.31. The van der Waals surface area contributed by atoms with Crippen molar-refractivity contribution in [2.24, 2.45) is 0 Å². The number of hydrogen-bond donors (Lipinski definition) is 0. The van der Waals surface area contributed by atoms with E-state index in [2.05, 4.69) is 44.8 Å². The van der Waals surface area contributed by atoms with E-state index in [1.807, 2.05) is 12.3 Å². The highest BCUT2D eigenvalue weighted by Gasteiger charge is 2.15. The summed E-state index contributed by atoms with van der Waals surface area (Å²) in [6.07, 6.45) is 5.92. The van der Waals surface area contributed by atoms with Crippen LogP contribution in [0.3, 0.4) is 0 Å². The number of pyridine rings is 1. The largest absolute Gasteiger partial charge is 0.312 e. The summed E-state index contributed by atoms with van der Waals surface area (Å²) in [6.45, 7) is 3.38. The van der Waals surface area contributed by atoms with Gasteiger partial charge in [0, 0.05) is 17.0 Å². The second-order valence-electron chi connectivity index (χ2n) is 5.64. The SMILES string of the molecule is c1ccc2c(c1)c1cccnc1n2CN1CCCCC1. The number of rotatable bonds is 2. The van der Waals surface area contributed by atoms with Gasteiger partial charge in [0.05, 0.1) is 12.2 Å². The van der Waals surface area contributed by atoms with Gasteiger partial charge in [0.15, 0.2) is 0 Å². The molecule has 3 aromatic rings. The Bertz CT molecular complexity index is 685. The fourth-order valence-electron chi connectivity index (χ4n) is 3.32. The summed E-state index contributed by atoms with van der Waals surface area (Å²) in [7, 11) is 0. The van der Waals surface area contributed by atoms with Crippen molar-refractivity contribution in [3.8, 4) is 0 Å². The Morgan fingerprint density at radius 1 is 0.900 bits per heavy atom. The van der Waals surface area contributed by atoms with Crippen LogP contribution in [0.1, 0.15) is 19.3 Å². The molecule has 1 aliphatic heterocycles. The average molecular weight is 265 g/mol. The molecule has 3 nitrogen and oxygen atoms in total. The van der Waals surface area contributed by atoms with Crippen LogP contribution < -0.4 is 0 Å². The molecule has 0 amide bonds. The molecule has 1 saturated heterocycles. The Kier molecular flexibility index (Phi) is 2.92. The molecule has 1 aliphatic rings. The molecule has 4 rings (SSSR count). The zero-order valence-electron chi connectivity index (χ0n) is 11.6. The van der Waals surface area contributed by atoms with Gasteiger partial charge >= 0.3 is 0 Å². The van der Waals surface area contributed by atoms with Crippen molar-refractivity contribution >= 4 is 21.9 Å². The lowest BCUT2D eigenvalue weighted by Gasteiger charge is -2.27. The molecule has 3 heteroatoms. The molecule has 0 bridgehead atoms. The monoisotopic (exact) mass is 265 g/mol. The van der Waals surface area contributed by atoms with Gasteiger partial charge in [-0.1, -0.05) is 24.6 Å². The van der Waals surface area contributed by atoms with Gasteiger partial charge in [-0.15, -0.1) is 0 Å². The highest BCUT2D eigenvalue weighted by atomic mass is 15.3. The minimum absolute atomic E-state index is 0.959. The maximum absolute atomic E-state index is 4.62. The zero-order chi connectivity index (χ0) is 13.4. The molecule has 0 aliphatic carbocycles. The zero-order valence-corrected chi connectivity index (χ0v) is 11.6. The first-order valence-corrected chi connectivity index (χ1v) is 7.48. The van der Waals surface area contributed by atoms with Gasteiger partial charge in [-0.3, -0.25) is 4.90 Å². The Morgan fingerprint density at radius 2 is 1.70 bits per heavy atom. The lowest BCUT2D eigenvalue weighted by atomic mass is 10.1. The molecule has 1 aromatic carbocycles. The number of hydrogen-bond acceptors (Lipinski definition) is 2. The Labute approximate surface area is 118 Å². The summed E-state index contributed by atoms with van der Waals surface area (Å²) >= 11 is 0. The van der Waals surface area contributed by atoms with Gasteiger partial charge in [0.25, 0.3) is 0 Å². The molecule has 20 heavy (non-hydrogen) atoms. The van der Waals surface area contributed by atoms with E-state index in [9.17, 15) is 0 Å². The second kappa shape index (κ2) is 4.91. The second-order valence-corrected chi connectivity index (χ2v) is 5.64. The number of nitrogens with zero attached hydrogens (tertiary/aromatic N) is 3. The third-order valence-corrected chi connectivity index (χ3v) is 4.32. The van der Waals surface area contributed by atoms with Crippen molar-refractivity contribution in [3.05, 3.63) is 42.6 Å². The third-order valence-electron chi connectivity index (χ3n) is 4.32. The van der Waals surface area contributed by atoms with Crippen LogP contribution in [0.15, 0.2) is 42.6 Å². The number of likely N-dealkylation sites (tertiary alicyclic amines) is 1. The number of piperidine rings is 1. The minimum Gasteiger partial charge on any atom is -0.312 e. The van der Waals surface area contributed by atoms with Crippen LogP contribution in [0.5, 0.6) is 0 Å². The summed E-state index contributed by atoms with van der Waals surface area (Å²) in [5.74, 6) is 0. The maximum Gasteiger partial charge on any atom is 0.142 e. The topological polar surface area (TPSA) is 21.1 Å². The molecule has 0 atom stereocenters. The van der Waals surface area contributed by atoms with Crippen LogP contribution in [-0.2, 0) is 6.67 Å². The quantitative estimate of drug-likeness (QED) is 0.705. The highest BCUT2D eigenvalue weighted by Crippen LogP contribution is 2.27. The van der Waals surface area contributed by atoms with Crippen molar-refractivity contribution in [1.82, 2.24) is 14.5 Å². The minimum atomic E-state index is 0.959. The van der Waals surface area contributed by atoms with E-state index in [-0.39, 0.29) is 0 Å². The first-order chi connectivity index (χ1) is 9.93. The fraction of sp³-hybridized carbons (Fsp3) is 0.353. The lowest BCUT2D eigenvalue weighted by molar-refractivity contribution is 0.187. The normalized spacial score (nSPS) is 17.0. The molecule has 0 spiro atoms. The van der Waals surface area contributed by atoms with E-state index in [1.165, 1.54) is 48.6 Å². The Hall–Kier alpha value is -1.87. The third kappa shape index (κ3) is 1.90. The van der Waals surface area contributed by atoms with Crippen LogP contribution in [0.2, 0.25) is 0 Å². The van der Waals surface area contributed by atoms with Crippen molar-refractivity contribution in [1.29, 1.82) is 0 Å². The molecular formula is C17H19N3. The van der Waals surface area contributed by atoms with Crippen molar-refractivity contribution in [2.75, 3.05) is 13.1 Å². The number of benzene rings is 1. The first kappa shape index (κ1) is 11.9. The van der Waals surface area contributed by atoms with Crippen LogP contribution in [0, 0.1) is 0 Å². The molecule has 2 aromatic heterocycles. The number of para-hydroxylation sites is 1. The first-order valence-electron chi connectivity index (χ1n) is 7.48. The van der Waals surface area contributed by atoms with Crippen molar-refractivity contribution < 1.29 is 0 Å². The molecule has 0 unspecified atom stereocenters. The van der Waals surface area contributed by atoms with Gasteiger partial charge in [0.1, 0.15) is 5.65 Å². The molecule has 102 valence electrons. The van der Waals surface area contributed by atoms with Crippen molar-refractivity contribution in [3.63, 3.8) is 0 Å². The molecule has 0 radical (unpaired) electrons. The van der Waals surface area contributed by atoms with E-state index in [0.29, 0.717) is 0 Å².